The first-order valence-electron chi connectivity index (χ1n) is 6.91. The van der Waals surface area contributed by atoms with Crippen molar-refractivity contribution < 1.29 is 9.47 Å². The van der Waals surface area contributed by atoms with Gasteiger partial charge < -0.3 is 9.47 Å². The largest absolute Gasteiger partial charge is 0.497 e. The van der Waals surface area contributed by atoms with Gasteiger partial charge in [0.05, 0.1) is 14.2 Å². The van der Waals surface area contributed by atoms with Crippen LogP contribution in [0, 0.1) is 0 Å². The van der Waals surface area contributed by atoms with Gasteiger partial charge in [0, 0.05) is 18.2 Å². The topological polar surface area (TPSA) is 49.2 Å². The van der Waals surface area contributed by atoms with Gasteiger partial charge in [0.1, 0.15) is 11.5 Å². The lowest BCUT2D eigenvalue weighted by atomic mass is 10.2. The van der Waals surface area contributed by atoms with Crippen LogP contribution in [0.5, 0.6) is 11.5 Å². The molecule has 0 saturated heterocycles. The first-order valence-corrected chi connectivity index (χ1v) is 6.91. The summed E-state index contributed by atoms with van der Waals surface area (Å²) in [4.78, 5) is 4.64. The van der Waals surface area contributed by atoms with Crippen LogP contribution in [0.1, 0.15) is 0 Å². The molecule has 0 saturated carbocycles. The van der Waals surface area contributed by atoms with Gasteiger partial charge in [0.15, 0.2) is 11.6 Å². The Morgan fingerprint density at radius 1 is 0.864 bits per heavy atom. The van der Waals surface area contributed by atoms with E-state index in [1.807, 2.05) is 55.6 Å². The van der Waals surface area contributed by atoms with Crippen LogP contribution in [0.4, 0.5) is 0 Å². The van der Waals surface area contributed by atoms with Crippen molar-refractivity contribution in [3.05, 3.63) is 48.5 Å². The number of ether oxygens (including phenoxy) is 2. The highest BCUT2D eigenvalue weighted by Crippen LogP contribution is 2.26. The highest BCUT2D eigenvalue weighted by molar-refractivity contribution is 5.63. The monoisotopic (exact) mass is 295 g/mol. The van der Waals surface area contributed by atoms with Crippen molar-refractivity contribution in [3.8, 4) is 34.3 Å². The Labute approximate surface area is 129 Å². The zero-order valence-electron chi connectivity index (χ0n) is 12.8. The molecular weight excluding hydrogens is 278 g/mol. The average Bonchev–Trinajstić information content (AvgIpc) is 2.97. The lowest BCUT2D eigenvalue weighted by Crippen LogP contribution is -1.94. The second-order valence-corrected chi connectivity index (χ2v) is 4.85. The number of hydrogen-bond acceptors (Lipinski definition) is 4. The minimum atomic E-state index is 0.666. The van der Waals surface area contributed by atoms with Crippen molar-refractivity contribution in [2.24, 2.45) is 7.05 Å². The third-order valence-corrected chi connectivity index (χ3v) is 3.42. The first kappa shape index (κ1) is 14.1. The number of hydrogen-bond donors (Lipinski definition) is 0. The molecule has 1 heterocycles. The van der Waals surface area contributed by atoms with E-state index >= 15 is 0 Å². The lowest BCUT2D eigenvalue weighted by Gasteiger charge is -2.03. The van der Waals surface area contributed by atoms with E-state index in [2.05, 4.69) is 10.1 Å². The van der Waals surface area contributed by atoms with E-state index in [-0.39, 0.29) is 0 Å². The number of nitrogens with zero attached hydrogens (tertiary/aromatic N) is 3. The van der Waals surface area contributed by atoms with E-state index in [0.717, 1.165) is 28.5 Å². The van der Waals surface area contributed by atoms with Gasteiger partial charge in [-0.25, -0.2) is 9.67 Å². The quantitative estimate of drug-likeness (QED) is 0.742. The molecule has 0 aliphatic heterocycles. The molecule has 0 amide bonds. The number of aromatic nitrogens is 3. The van der Waals surface area contributed by atoms with Crippen LogP contribution >= 0.6 is 0 Å². The fraction of sp³-hybridized carbons (Fsp3) is 0.176. The molecule has 0 N–H and O–H groups in total. The van der Waals surface area contributed by atoms with Crippen molar-refractivity contribution in [3.63, 3.8) is 0 Å². The maximum absolute atomic E-state index is 5.26. The van der Waals surface area contributed by atoms with Crippen LogP contribution in [-0.4, -0.2) is 29.0 Å². The molecule has 22 heavy (non-hydrogen) atoms. The van der Waals surface area contributed by atoms with E-state index in [4.69, 9.17) is 9.47 Å². The molecule has 0 atom stereocenters. The molecule has 0 bridgehead atoms. The van der Waals surface area contributed by atoms with E-state index in [0.29, 0.717) is 5.82 Å². The molecule has 1 aromatic heterocycles. The highest BCUT2D eigenvalue weighted by Gasteiger charge is 2.12. The summed E-state index contributed by atoms with van der Waals surface area (Å²) in [6.45, 7) is 0. The van der Waals surface area contributed by atoms with Gasteiger partial charge in [-0.1, -0.05) is 24.3 Å². The zero-order chi connectivity index (χ0) is 15.5. The standard InChI is InChI=1S/C17H17N3O2/c1-20-17(13-7-5-9-15(11-13)22-3)18-16(19-20)12-6-4-8-14(10-12)21-2/h4-11H,1-3H3. The molecule has 3 aromatic rings. The zero-order valence-corrected chi connectivity index (χ0v) is 12.8. The minimum absolute atomic E-state index is 0.666. The molecule has 0 fully saturated rings. The summed E-state index contributed by atoms with van der Waals surface area (Å²) >= 11 is 0. The Bertz CT molecular complexity index is 796. The summed E-state index contributed by atoms with van der Waals surface area (Å²) in [6.07, 6.45) is 0. The molecule has 0 aliphatic carbocycles. The van der Waals surface area contributed by atoms with Crippen molar-refractivity contribution >= 4 is 0 Å². The Morgan fingerprint density at radius 2 is 1.45 bits per heavy atom. The van der Waals surface area contributed by atoms with Gasteiger partial charge in [-0.05, 0) is 24.3 Å². The molecule has 3 rings (SSSR count). The van der Waals surface area contributed by atoms with Crippen LogP contribution in [-0.2, 0) is 7.05 Å². The van der Waals surface area contributed by atoms with Crippen LogP contribution < -0.4 is 9.47 Å². The van der Waals surface area contributed by atoms with Crippen LogP contribution in [0.3, 0.4) is 0 Å². The summed E-state index contributed by atoms with van der Waals surface area (Å²) in [5.74, 6) is 3.03. The summed E-state index contributed by atoms with van der Waals surface area (Å²) in [6, 6.07) is 15.5. The Kier molecular flexibility index (Phi) is 3.78. The second-order valence-electron chi connectivity index (χ2n) is 4.85. The molecule has 0 unspecified atom stereocenters. The predicted octanol–water partition coefficient (Wildman–Crippen LogP) is 3.17. The number of rotatable bonds is 4. The molecule has 0 aliphatic rings. The van der Waals surface area contributed by atoms with E-state index in [1.54, 1.807) is 18.9 Å². The van der Waals surface area contributed by atoms with E-state index < -0.39 is 0 Å². The summed E-state index contributed by atoms with van der Waals surface area (Å²) in [5, 5.41) is 4.50. The Morgan fingerprint density at radius 3 is 2.09 bits per heavy atom. The van der Waals surface area contributed by atoms with Crippen molar-refractivity contribution in [2.45, 2.75) is 0 Å². The van der Waals surface area contributed by atoms with Crippen LogP contribution in [0.25, 0.3) is 22.8 Å². The first-order chi connectivity index (χ1) is 10.7. The van der Waals surface area contributed by atoms with Gasteiger partial charge in [-0.15, -0.1) is 0 Å². The average molecular weight is 295 g/mol. The fourth-order valence-electron chi connectivity index (χ4n) is 2.28. The molecule has 2 aromatic carbocycles. The number of methoxy groups -OCH3 is 2. The molecule has 5 nitrogen and oxygen atoms in total. The van der Waals surface area contributed by atoms with E-state index in [1.165, 1.54) is 0 Å². The van der Waals surface area contributed by atoms with Crippen molar-refractivity contribution in [1.29, 1.82) is 0 Å². The van der Waals surface area contributed by atoms with Gasteiger partial charge >= 0.3 is 0 Å². The molecule has 0 spiro atoms. The van der Waals surface area contributed by atoms with Gasteiger partial charge in [0.2, 0.25) is 0 Å². The Balaban J connectivity index is 2.03. The van der Waals surface area contributed by atoms with E-state index in [9.17, 15) is 0 Å². The summed E-state index contributed by atoms with van der Waals surface area (Å²) in [5.41, 5.74) is 1.88. The number of aryl methyl sites for hydroxylation is 1. The SMILES string of the molecule is COc1cccc(-c2nc(-c3cccc(OC)c3)n(C)n2)c1. The van der Waals surface area contributed by atoms with Crippen molar-refractivity contribution in [1.82, 2.24) is 14.8 Å². The van der Waals surface area contributed by atoms with Crippen LogP contribution in [0.2, 0.25) is 0 Å². The maximum Gasteiger partial charge on any atom is 0.181 e. The second kappa shape index (κ2) is 5.89. The normalized spacial score (nSPS) is 10.5. The van der Waals surface area contributed by atoms with Gasteiger partial charge in [0.25, 0.3) is 0 Å². The fourth-order valence-corrected chi connectivity index (χ4v) is 2.28. The molecule has 5 heteroatoms. The third-order valence-electron chi connectivity index (χ3n) is 3.42. The highest BCUT2D eigenvalue weighted by atomic mass is 16.5. The maximum atomic E-state index is 5.26. The minimum Gasteiger partial charge on any atom is -0.497 e. The van der Waals surface area contributed by atoms with Crippen molar-refractivity contribution in [2.75, 3.05) is 14.2 Å². The molecule has 0 radical (unpaired) electrons. The summed E-state index contributed by atoms with van der Waals surface area (Å²) < 4.78 is 12.3. The lowest BCUT2D eigenvalue weighted by molar-refractivity contribution is 0.415. The summed E-state index contributed by atoms with van der Waals surface area (Å²) in [7, 11) is 5.18. The van der Waals surface area contributed by atoms with Gasteiger partial charge in [-0.3, -0.25) is 0 Å². The third kappa shape index (κ3) is 2.65. The smallest absolute Gasteiger partial charge is 0.181 e. The molecule has 112 valence electrons. The number of benzene rings is 2. The predicted molar refractivity (Wildman–Crippen MR) is 85.0 cm³/mol. The van der Waals surface area contributed by atoms with Gasteiger partial charge in [-0.2, -0.15) is 5.10 Å². The molecular formula is C17H17N3O2. The Hall–Kier alpha value is -2.82. The van der Waals surface area contributed by atoms with Crippen LogP contribution in [0.15, 0.2) is 48.5 Å².